The highest BCUT2D eigenvalue weighted by Gasteiger charge is 2.10. The number of nitrogens with zero attached hydrogens (tertiary/aromatic N) is 4. The summed E-state index contributed by atoms with van der Waals surface area (Å²) in [6.07, 6.45) is 6.44. The maximum atomic E-state index is 5.78. The standard InChI is InChI=1S/C13H20N6O/c14-11-10-19-5-3-16-13(19)12(17-11)15-2-1-4-18-6-8-20-9-7-18/h3,5,10H,1-2,4,6-9,14H2,(H,15,17). The van der Waals surface area contributed by atoms with Gasteiger partial charge in [-0.3, -0.25) is 4.90 Å². The Balaban J connectivity index is 1.53. The van der Waals surface area contributed by atoms with Crippen molar-refractivity contribution in [2.24, 2.45) is 0 Å². The zero-order chi connectivity index (χ0) is 13.8. The molecule has 0 unspecified atom stereocenters. The lowest BCUT2D eigenvalue weighted by Crippen LogP contribution is -2.37. The van der Waals surface area contributed by atoms with Gasteiger partial charge in [0.1, 0.15) is 5.82 Å². The molecule has 1 aliphatic heterocycles. The number of nitrogen functional groups attached to an aromatic ring is 1. The van der Waals surface area contributed by atoms with Crippen LogP contribution in [0.1, 0.15) is 6.42 Å². The van der Waals surface area contributed by atoms with Crippen LogP contribution in [-0.2, 0) is 4.74 Å². The summed E-state index contributed by atoms with van der Waals surface area (Å²) in [5, 5.41) is 3.32. The van der Waals surface area contributed by atoms with Gasteiger partial charge in [-0.1, -0.05) is 0 Å². The number of nitrogens with two attached hydrogens (primary N) is 1. The predicted octanol–water partition coefficient (Wildman–Crippen LogP) is 0.446. The molecule has 7 nitrogen and oxygen atoms in total. The minimum atomic E-state index is 0.492. The van der Waals surface area contributed by atoms with Crippen molar-refractivity contribution in [1.29, 1.82) is 0 Å². The largest absolute Gasteiger partial charge is 0.382 e. The number of rotatable bonds is 5. The van der Waals surface area contributed by atoms with Crippen molar-refractivity contribution in [3.8, 4) is 0 Å². The smallest absolute Gasteiger partial charge is 0.180 e. The van der Waals surface area contributed by atoms with Crippen molar-refractivity contribution in [2.75, 3.05) is 50.4 Å². The first-order valence-corrected chi connectivity index (χ1v) is 6.96. The van der Waals surface area contributed by atoms with Crippen molar-refractivity contribution in [3.05, 3.63) is 18.6 Å². The normalized spacial score (nSPS) is 16.6. The van der Waals surface area contributed by atoms with Gasteiger partial charge in [0.15, 0.2) is 11.5 Å². The van der Waals surface area contributed by atoms with Crippen molar-refractivity contribution >= 4 is 17.3 Å². The van der Waals surface area contributed by atoms with Gasteiger partial charge in [-0.2, -0.15) is 0 Å². The molecule has 108 valence electrons. The number of aromatic nitrogens is 3. The fraction of sp³-hybridized carbons (Fsp3) is 0.538. The first-order chi connectivity index (χ1) is 9.83. The highest BCUT2D eigenvalue weighted by Crippen LogP contribution is 2.14. The molecule has 7 heteroatoms. The average molecular weight is 276 g/mol. The number of hydrogen-bond acceptors (Lipinski definition) is 6. The summed E-state index contributed by atoms with van der Waals surface area (Å²) in [5.74, 6) is 1.24. The Morgan fingerprint density at radius 2 is 2.20 bits per heavy atom. The van der Waals surface area contributed by atoms with Gasteiger partial charge in [-0.15, -0.1) is 0 Å². The van der Waals surface area contributed by atoms with Gasteiger partial charge >= 0.3 is 0 Å². The first kappa shape index (κ1) is 13.1. The Morgan fingerprint density at radius 3 is 3.05 bits per heavy atom. The predicted molar refractivity (Wildman–Crippen MR) is 77.8 cm³/mol. The van der Waals surface area contributed by atoms with Gasteiger partial charge in [0, 0.05) is 32.0 Å². The fourth-order valence-corrected chi connectivity index (χ4v) is 2.40. The summed E-state index contributed by atoms with van der Waals surface area (Å²) in [7, 11) is 0. The molecule has 0 saturated carbocycles. The van der Waals surface area contributed by atoms with E-state index in [0.717, 1.165) is 57.3 Å². The first-order valence-electron chi connectivity index (χ1n) is 6.96. The van der Waals surface area contributed by atoms with Crippen LogP contribution < -0.4 is 11.1 Å². The topological polar surface area (TPSA) is 80.7 Å². The summed E-state index contributed by atoms with van der Waals surface area (Å²) in [5.41, 5.74) is 6.59. The van der Waals surface area contributed by atoms with Crippen LogP contribution >= 0.6 is 0 Å². The molecule has 3 heterocycles. The van der Waals surface area contributed by atoms with Gasteiger partial charge in [0.05, 0.1) is 19.4 Å². The minimum absolute atomic E-state index is 0.492. The molecular formula is C13H20N6O. The van der Waals surface area contributed by atoms with E-state index in [4.69, 9.17) is 10.5 Å². The molecule has 1 saturated heterocycles. The number of nitrogens with one attached hydrogen (secondary N) is 1. The molecule has 3 N–H and O–H groups in total. The van der Waals surface area contributed by atoms with Gasteiger partial charge < -0.3 is 20.2 Å². The average Bonchev–Trinajstić information content (AvgIpc) is 2.92. The third kappa shape index (κ3) is 3.00. The van der Waals surface area contributed by atoms with Crippen LogP contribution in [-0.4, -0.2) is 58.7 Å². The van der Waals surface area contributed by atoms with E-state index >= 15 is 0 Å². The second-order valence-corrected chi connectivity index (χ2v) is 4.91. The molecule has 1 fully saturated rings. The Kier molecular flexibility index (Phi) is 3.98. The van der Waals surface area contributed by atoms with E-state index in [1.54, 1.807) is 12.4 Å². The van der Waals surface area contributed by atoms with E-state index in [1.807, 2.05) is 10.6 Å². The summed E-state index contributed by atoms with van der Waals surface area (Å²) < 4.78 is 7.22. The number of anilines is 2. The van der Waals surface area contributed by atoms with E-state index < -0.39 is 0 Å². The number of ether oxygens (including phenoxy) is 1. The van der Waals surface area contributed by atoms with Crippen LogP contribution in [0.3, 0.4) is 0 Å². The van der Waals surface area contributed by atoms with Gasteiger partial charge in [0.2, 0.25) is 0 Å². The molecule has 2 aromatic heterocycles. The number of imidazole rings is 1. The highest BCUT2D eigenvalue weighted by molar-refractivity contribution is 5.64. The summed E-state index contributed by atoms with van der Waals surface area (Å²) in [4.78, 5) is 11.0. The van der Waals surface area contributed by atoms with Crippen LogP contribution in [0.5, 0.6) is 0 Å². The van der Waals surface area contributed by atoms with E-state index in [1.165, 1.54) is 0 Å². The van der Waals surface area contributed by atoms with Crippen LogP contribution in [0.15, 0.2) is 18.6 Å². The number of fused-ring (bicyclic) bond motifs is 1. The minimum Gasteiger partial charge on any atom is -0.382 e. The Morgan fingerprint density at radius 1 is 1.35 bits per heavy atom. The third-order valence-corrected chi connectivity index (χ3v) is 3.44. The van der Waals surface area contributed by atoms with Crippen molar-refractivity contribution in [3.63, 3.8) is 0 Å². The summed E-state index contributed by atoms with van der Waals surface area (Å²) >= 11 is 0. The molecule has 0 aromatic carbocycles. The Hall–Kier alpha value is -1.86. The highest BCUT2D eigenvalue weighted by atomic mass is 16.5. The lowest BCUT2D eigenvalue weighted by Gasteiger charge is -2.26. The summed E-state index contributed by atoms with van der Waals surface area (Å²) in [6.45, 7) is 5.68. The Labute approximate surface area is 117 Å². The molecule has 3 rings (SSSR count). The van der Waals surface area contributed by atoms with E-state index in [-0.39, 0.29) is 0 Å². The fourth-order valence-electron chi connectivity index (χ4n) is 2.40. The second-order valence-electron chi connectivity index (χ2n) is 4.91. The molecule has 1 aliphatic rings. The number of morpholine rings is 1. The van der Waals surface area contributed by atoms with E-state index in [2.05, 4.69) is 20.2 Å². The molecule has 0 spiro atoms. The summed E-state index contributed by atoms with van der Waals surface area (Å²) in [6, 6.07) is 0. The van der Waals surface area contributed by atoms with E-state index in [9.17, 15) is 0 Å². The monoisotopic (exact) mass is 276 g/mol. The molecule has 0 amide bonds. The Bertz CT molecular complexity index is 563. The molecule has 0 bridgehead atoms. The van der Waals surface area contributed by atoms with Gasteiger partial charge in [-0.05, 0) is 13.0 Å². The zero-order valence-electron chi connectivity index (χ0n) is 11.5. The van der Waals surface area contributed by atoms with Gasteiger partial charge in [-0.25, -0.2) is 9.97 Å². The zero-order valence-corrected chi connectivity index (χ0v) is 11.5. The maximum absolute atomic E-state index is 5.78. The lowest BCUT2D eigenvalue weighted by atomic mass is 10.3. The van der Waals surface area contributed by atoms with Crippen LogP contribution in [0.2, 0.25) is 0 Å². The third-order valence-electron chi connectivity index (χ3n) is 3.44. The van der Waals surface area contributed by atoms with Crippen LogP contribution in [0, 0.1) is 0 Å². The molecule has 0 radical (unpaired) electrons. The van der Waals surface area contributed by atoms with Crippen molar-refractivity contribution in [2.45, 2.75) is 6.42 Å². The molecule has 0 aliphatic carbocycles. The van der Waals surface area contributed by atoms with Crippen molar-refractivity contribution in [1.82, 2.24) is 19.3 Å². The van der Waals surface area contributed by atoms with Crippen LogP contribution in [0.4, 0.5) is 11.6 Å². The quantitative estimate of drug-likeness (QED) is 0.772. The van der Waals surface area contributed by atoms with Gasteiger partial charge in [0.25, 0.3) is 0 Å². The SMILES string of the molecule is Nc1cn2ccnc2c(NCCCN2CCOCC2)n1. The van der Waals surface area contributed by atoms with Crippen LogP contribution in [0.25, 0.3) is 5.65 Å². The molecule has 20 heavy (non-hydrogen) atoms. The molecule has 2 aromatic rings. The molecule has 0 atom stereocenters. The van der Waals surface area contributed by atoms with Crippen molar-refractivity contribution < 1.29 is 4.74 Å². The maximum Gasteiger partial charge on any atom is 0.180 e. The second kappa shape index (κ2) is 6.06. The van der Waals surface area contributed by atoms with E-state index in [0.29, 0.717) is 5.82 Å². The lowest BCUT2D eigenvalue weighted by molar-refractivity contribution is 0.0378. The number of hydrogen-bond donors (Lipinski definition) is 2. The molecular weight excluding hydrogens is 256 g/mol.